The van der Waals surface area contributed by atoms with Crippen molar-refractivity contribution in [2.24, 2.45) is 0 Å². The van der Waals surface area contributed by atoms with Gasteiger partial charge in [-0.1, -0.05) is 66.7 Å². The van der Waals surface area contributed by atoms with Crippen LogP contribution < -0.4 is 0 Å². The predicted octanol–water partition coefficient (Wildman–Crippen LogP) is 4.92. The van der Waals surface area contributed by atoms with Gasteiger partial charge in [0.25, 0.3) is 0 Å². The van der Waals surface area contributed by atoms with E-state index in [0.717, 1.165) is 0 Å². The Kier molecular flexibility index (Phi) is 2.41. The number of hydrogen-bond acceptors (Lipinski definition) is 0. The molecule has 0 saturated carbocycles. The minimum Gasteiger partial charge on any atom is -0.0620 e. The summed E-state index contributed by atoms with van der Waals surface area (Å²) in [6.07, 6.45) is 2.46. The first kappa shape index (κ1) is 10.8. The average molecular weight is 244 g/mol. The van der Waals surface area contributed by atoms with E-state index in [-0.39, 0.29) is 0 Å². The molecule has 0 radical (unpaired) electrons. The molecular weight excluding hydrogens is 228 g/mol. The van der Waals surface area contributed by atoms with Gasteiger partial charge in [0.1, 0.15) is 0 Å². The fraction of sp³-hybridized carbons (Fsp3) is 0.158. The number of fused-ring (bicyclic) bond motifs is 2. The van der Waals surface area contributed by atoms with Gasteiger partial charge in [-0.05, 0) is 40.3 Å². The van der Waals surface area contributed by atoms with Crippen molar-refractivity contribution in [3.63, 3.8) is 0 Å². The zero-order valence-corrected chi connectivity index (χ0v) is 10.8. The van der Waals surface area contributed by atoms with E-state index in [9.17, 15) is 0 Å². The van der Waals surface area contributed by atoms with Crippen molar-refractivity contribution in [3.8, 4) is 0 Å². The summed E-state index contributed by atoms with van der Waals surface area (Å²) in [5.74, 6) is 0.584. The molecule has 3 aromatic carbocycles. The summed E-state index contributed by atoms with van der Waals surface area (Å²) in [6, 6.07) is 24.4. The maximum atomic E-state index is 2.36. The topological polar surface area (TPSA) is 0 Å². The summed E-state index contributed by atoms with van der Waals surface area (Å²) in [4.78, 5) is 0. The van der Waals surface area contributed by atoms with Gasteiger partial charge in [-0.25, -0.2) is 0 Å². The van der Waals surface area contributed by atoms with E-state index < -0.39 is 0 Å². The minimum absolute atomic E-state index is 0.584. The Bertz CT molecular complexity index is 740. The van der Waals surface area contributed by atoms with E-state index in [2.05, 4.69) is 66.7 Å². The molecule has 1 aliphatic rings. The monoisotopic (exact) mass is 244 g/mol. The number of hydrogen-bond donors (Lipinski definition) is 0. The fourth-order valence-electron chi connectivity index (χ4n) is 3.33. The van der Waals surface area contributed by atoms with Crippen molar-refractivity contribution in [1.82, 2.24) is 0 Å². The summed E-state index contributed by atoms with van der Waals surface area (Å²) in [7, 11) is 0. The van der Waals surface area contributed by atoms with E-state index >= 15 is 0 Å². The second-order valence-electron chi connectivity index (χ2n) is 5.40. The van der Waals surface area contributed by atoms with E-state index in [0.29, 0.717) is 5.92 Å². The maximum absolute atomic E-state index is 2.36. The Hall–Kier alpha value is -2.08. The zero-order chi connectivity index (χ0) is 12.7. The summed E-state index contributed by atoms with van der Waals surface area (Å²) in [6.45, 7) is 0. The van der Waals surface area contributed by atoms with Crippen LogP contribution in [0.1, 0.15) is 29.0 Å². The van der Waals surface area contributed by atoms with Gasteiger partial charge in [0.15, 0.2) is 0 Å². The molecule has 0 unspecified atom stereocenters. The number of benzene rings is 3. The lowest BCUT2D eigenvalue weighted by molar-refractivity contribution is 0.789. The molecule has 0 spiro atoms. The molecule has 0 nitrogen and oxygen atoms in total. The molecular formula is C19H16. The molecule has 0 heteroatoms. The first-order chi connectivity index (χ1) is 9.42. The van der Waals surface area contributed by atoms with Crippen LogP contribution in [0.3, 0.4) is 0 Å². The normalized spacial score (nSPS) is 17.6. The van der Waals surface area contributed by atoms with Gasteiger partial charge in [0.05, 0.1) is 0 Å². The molecule has 0 bridgehead atoms. The Balaban J connectivity index is 1.83. The Labute approximate surface area is 113 Å². The van der Waals surface area contributed by atoms with Crippen LogP contribution in [-0.2, 0) is 6.42 Å². The van der Waals surface area contributed by atoms with Crippen LogP contribution in [0.4, 0.5) is 0 Å². The minimum atomic E-state index is 0.584. The molecule has 92 valence electrons. The molecule has 0 aliphatic heterocycles. The SMILES string of the molecule is c1ccc2c(c1)CC[C@@H]2c1ccc2ccccc2c1. The highest BCUT2D eigenvalue weighted by Gasteiger charge is 2.23. The van der Waals surface area contributed by atoms with Crippen LogP contribution in [0.15, 0.2) is 66.7 Å². The molecule has 1 aliphatic carbocycles. The molecule has 1 atom stereocenters. The Morgan fingerprint density at radius 3 is 2.47 bits per heavy atom. The molecule has 0 aromatic heterocycles. The van der Waals surface area contributed by atoms with Crippen molar-refractivity contribution in [2.45, 2.75) is 18.8 Å². The molecule has 0 fully saturated rings. The van der Waals surface area contributed by atoms with Crippen LogP contribution in [0.25, 0.3) is 10.8 Å². The fourth-order valence-corrected chi connectivity index (χ4v) is 3.33. The van der Waals surface area contributed by atoms with Gasteiger partial charge in [-0.15, -0.1) is 0 Å². The molecule has 0 heterocycles. The van der Waals surface area contributed by atoms with Crippen molar-refractivity contribution in [3.05, 3.63) is 83.4 Å². The van der Waals surface area contributed by atoms with E-state index in [1.165, 1.54) is 40.3 Å². The number of aryl methyl sites for hydroxylation is 1. The Morgan fingerprint density at radius 1 is 0.737 bits per heavy atom. The van der Waals surface area contributed by atoms with Crippen molar-refractivity contribution in [2.75, 3.05) is 0 Å². The average Bonchev–Trinajstić information content (AvgIpc) is 2.91. The van der Waals surface area contributed by atoms with Crippen LogP contribution >= 0.6 is 0 Å². The number of rotatable bonds is 1. The third kappa shape index (κ3) is 1.76. The Morgan fingerprint density at radius 2 is 1.53 bits per heavy atom. The van der Waals surface area contributed by atoms with Crippen molar-refractivity contribution in [1.29, 1.82) is 0 Å². The van der Waals surface area contributed by atoms with Gasteiger partial charge in [-0.2, -0.15) is 0 Å². The van der Waals surface area contributed by atoms with Crippen LogP contribution in [-0.4, -0.2) is 0 Å². The standard InChI is InChI=1S/C19H16/c1-2-7-16-13-17(10-9-14(16)5-1)19-12-11-15-6-3-4-8-18(15)19/h1-10,13,19H,11-12H2/t19-/m1/s1. The highest BCUT2D eigenvalue weighted by molar-refractivity contribution is 5.83. The van der Waals surface area contributed by atoms with Gasteiger partial charge >= 0.3 is 0 Å². The molecule has 3 aromatic rings. The molecule has 0 N–H and O–H groups in total. The molecule has 19 heavy (non-hydrogen) atoms. The highest BCUT2D eigenvalue weighted by Crippen LogP contribution is 2.38. The van der Waals surface area contributed by atoms with Crippen LogP contribution in [0.5, 0.6) is 0 Å². The van der Waals surface area contributed by atoms with Gasteiger partial charge in [0.2, 0.25) is 0 Å². The van der Waals surface area contributed by atoms with E-state index in [4.69, 9.17) is 0 Å². The second-order valence-corrected chi connectivity index (χ2v) is 5.40. The second kappa shape index (κ2) is 4.24. The maximum Gasteiger partial charge on any atom is 0.00954 e. The van der Waals surface area contributed by atoms with E-state index in [1.54, 1.807) is 0 Å². The molecule has 0 amide bonds. The van der Waals surface area contributed by atoms with E-state index in [1.807, 2.05) is 0 Å². The van der Waals surface area contributed by atoms with Gasteiger partial charge < -0.3 is 0 Å². The third-order valence-electron chi connectivity index (χ3n) is 4.31. The first-order valence-corrected chi connectivity index (χ1v) is 6.98. The largest absolute Gasteiger partial charge is 0.0620 e. The summed E-state index contributed by atoms with van der Waals surface area (Å²) < 4.78 is 0. The lowest BCUT2D eigenvalue weighted by Gasteiger charge is -2.13. The highest BCUT2D eigenvalue weighted by atomic mass is 14.3. The lowest BCUT2D eigenvalue weighted by atomic mass is 9.91. The van der Waals surface area contributed by atoms with Crippen LogP contribution in [0, 0.1) is 0 Å². The van der Waals surface area contributed by atoms with Gasteiger partial charge in [-0.3, -0.25) is 0 Å². The lowest BCUT2D eigenvalue weighted by Crippen LogP contribution is -1.95. The predicted molar refractivity (Wildman–Crippen MR) is 80.6 cm³/mol. The molecule has 4 rings (SSSR count). The van der Waals surface area contributed by atoms with Gasteiger partial charge in [0, 0.05) is 5.92 Å². The third-order valence-corrected chi connectivity index (χ3v) is 4.31. The van der Waals surface area contributed by atoms with Crippen LogP contribution in [0.2, 0.25) is 0 Å². The quantitative estimate of drug-likeness (QED) is 0.570. The molecule has 0 saturated heterocycles. The summed E-state index contributed by atoms with van der Waals surface area (Å²) in [5.41, 5.74) is 4.52. The summed E-state index contributed by atoms with van der Waals surface area (Å²) in [5, 5.41) is 2.68. The smallest absolute Gasteiger partial charge is 0.00954 e. The zero-order valence-electron chi connectivity index (χ0n) is 10.8. The van der Waals surface area contributed by atoms with Crippen molar-refractivity contribution >= 4 is 10.8 Å². The van der Waals surface area contributed by atoms with Crippen molar-refractivity contribution < 1.29 is 0 Å². The summed E-state index contributed by atoms with van der Waals surface area (Å²) >= 11 is 0. The first-order valence-electron chi connectivity index (χ1n) is 6.98.